The lowest BCUT2D eigenvalue weighted by Crippen LogP contribution is -2.10. The molecule has 1 unspecified atom stereocenters. The zero-order chi connectivity index (χ0) is 12.4. The van der Waals surface area contributed by atoms with Gasteiger partial charge < -0.3 is 10.3 Å². The van der Waals surface area contributed by atoms with E-state index in [2.05, 4.69) is 10.1 Å². The maximum Gasteiger partial charge on any atom is 0.258 e. The van der Waals surface area contributed by atoms with Gasteiger partial charge in [-0.1, -0.05) is 18.1 Å². The molecule has 0 bridgehead atoms. The lowest BCUT2D eigenvalue weighted by molar-refractivity contribution is 0.417. The van der Waals surface area contributed by atoms with Crippen molar-refractivity contribution in [1.29, 1.82) is 0 Å². The fourth-order valence-electron chi connectivity index (χ4n) is 1.38. The summed E-state index contributed by atoms with van der Waals surface area (Å²) in [6.07, 6.45) is 0. The average molecular weight is 235 g/mol. The first kappa shape index (κ1) is 11.7. The van der Waals surface area contributed by atoms with Crippen LogP contribution in [-0.2, 0) is 0 Å². The number of nitrogens with zero attached hydrogens (tertiary/aromatic N) is 2. The van der Waals surface area contributed by atoms with Gasteiger partial charge in [0.25, 0.3) is 5.89 Å². The highest BCUT2D eigenvalue weighted by Crippen LogP contribution is 2.21. The molecule has 0 aliphatic rings. The van der Waals surface area contributed by atoms with E-state index in [9.17, 15) is 4.39 Å². The summed E-state index contributed by atoms with van der Waals surface area (Å²) in [6, 6.07) is 4.82. The molecule has 1 heterocycles. The molecule has 0 radical (unpaired) electrons. The smallest absolute Gasteiger partial charge is 0.258 e. The van der Waals surface area contributed by atoms with E-state index in [1.54, 1.807) is 19.1 Å². The summed E-state index contributed by atoms with van der Waals surface area (Å²) in [5, 5.41) is 3.83. The number of aryl methyl sites for hydroxylation is 1. The molecule has 2 rings (SSSR count). The molecule has 0 aliphatic carbocycles. The molecule has 0 aliphatic heterocycles. The maximum absolute atomic E-state index is 13.4. The first-order valence-electron chi connectivity index (χ1n) is 5.42. The summed E-state index contributed by atoms with van der Waals surface area (Å²) in [5.41, 5.74) is 6.68. The van der Waals surface area contributed by atoms with Crippen molar-refractivity contribution in [2.45, 2.75) is 19.8 Å². The monoisotopic (exact) mass is 235 g/mol. The lowest BCUT2D eigenvalue weighted by Gasteiger charge is -1.99. The molecule has 2 N–H and O–H groups in total. The van der Waals surface area contributed by atoms with E-state index in [1.807, 2.05) is 6.92 Å². The van der Waals surface area contributed by atoms with E-state index in [0.29, 0.717) is 29.4 Å². The van der Waals surface area contributed by atoms with E-state index in [1.165, 1.54) is 6.07 Å². The Morgan fingerprint density at radius 1 is 1.47 bits per heavy atom. The molecule has 0 amide bonds. The number of aromatic nitrogens is 2. The summed E-state index contributed by atoms with van der Waals surface area (Å²) >= 11 is 0. The number of hydrogen-bond donors (Lipinski definition) is 1. The second-order valence-electron chi connectivity index (χ2n) is 4.06. The lowest BCUT2D eigenvalue weighted by atomic mass is 10.1. The van der Waals surface area contributed by atoms with Gasteiger partial charge >= 0.3 is 0 Å². The highest BCUT2D eigenvalue weighted by atomic mass is 19.1. The molecule has 5 heteroatoms. The van der Waals surface area contributed by atoms with Gasteiger partial charge in [-0.25, -0.2) is 4.39 Å². The van der Waals surface area contributed by atoms with Crippen LogP contribution in [0.2, 0.25) is 0 Å². The Kier molecular flexibility index (Phi) is 3.19. The summed E-state index contributed by atoms with van der Waals surface area (Å²) in [7, 11) is 0. The number of rotatable bonds is 3. The number of benzene rings is 1. The predicted molar refractivity (Wildman–Crippen MR) is 61.9 cm³/mol. The van der Waals surface area contributed by atoms with Gasteiger partial charge in [0.15, 0.2) is 5.82 Å². The molecule has 0 spiro atoms. The van der Waals surface area contributed by atoms with E-state index in [4.69, 9.17) is 10.3 Å². The molecule has 1 aromatic carbocycles. The Bertz CT molecular complexity index is 524. The van der Waals surface area contributed by atoms with Crippen LogP contribution in [0.1, 0.15) is 24.2 Å². The van der Waals surface area contributed by atoms with E-state index < -0.39 is 0 Å². The van der Waals surface area contributed by atoms with Gasteiger partial charge in [0, 0.05) is 18.0 Å². The molecule has 1 atom stereocenters. The van der Waals surface area contributed by atoms with Crippen LogP contribution in [0.15, 0.2) is 22.7 Å². The minimum Gasteiger partial charge on any atom is -0.334 e. The molecule has 4 nitrogen and oxygen atoms in total. The van der Waals surface area contributed by atoms with Gasteiger partial charge in [-0.3, -0.25) is 0 Å². The molecular formula is C12H14FN3O. The second kappa shape index (κ2) is 4.63. The third kappa shape index (κ3) is 2.34. The summed E-state index contributed by atoms with van der Waals surface area (Å²) in [4.78, 5) is 4.20. The fourth-order valence-corrected chi connectivity index (χ4v) is 1.38. The van der Waals surface area contributed by atoms with Crippen LogP contribution in [0.5, 0.6) is 0 Å². The largest absolute Gasteiger partial charge is 0.334 e. The average Bonchev–Trinajstić information content (AvgIpc) is 2.81. The van der Waals surface area contributed by atoms with Gasteiger partial charge in [-0.15, -0.1) is 0 Å². The Hall–Kier alpha value is -1.75. The molecule has 1 aromatic heterocycles. The van der Waals surface area contributed by atoms with Crippen LogP contribution in [0.25, 0.3) is 11.5 Å². The second-order valence-corrected chi connectivity index (χ2v) is 4.06. The molecule has 0 saturated carbocycles. The third-order valence-corrected chi connectivity index (χ3v) is 2.65. The standard InChI is InChI=1S/C12H14FN3O/c1-7-3-4-9(5-10(7)13)12-15-11(16-17-12)8(2)6-14/h3-5,8H,6,14H2,1-2H3. The van der Waals surface area contributed by atoms with Crippen LogP contribution in [0.4, 0.5) is 4.39 Å². The molecule has 0 saturated heterocycles. The van der Waals surface area contributed by atoms with E-state index in [0.717, 1.165) is 0 Å². The van der Waals surface area contributed by atoms with Crippen molar-refractivity contribution in [3.8, 4) is 11.5 Å². The number of hydrogen-bond acceptors (Lipinski definition) is 4. The van der Waals surface area contributed by atoms with Gasteiger partial charge in [0.1, 0.15) is 5.82 Å². The van der Waals surface area contributed by atoms with Crippen molar-refractivity contribution in [2.24, 2.45) is 5.73 Å². The van der Waals surface area contributed by atoms with Gasteiger partial charge in [-0.2, -0.15) is 4.98 Å². The number of halogens is 1. The molecule has 0 fully saturated rings. The molecule has 2 aromatic rings. The first-order valence-corrected chi connectivity index (χ1v) is 5.42. The highest BCUT2D eigenvalue weighted by molar-refractivity contribution is 5.53. The topological polar surface area (TPSA) is 64.9 Å². The van der Waals surface area contributed by atoms with Gasteiger partial charge in [0.2, 0.25) is 0 Å². The van der Waals surface area contributed by atoms with Crippen molar-refractivity contribution in [3.63, 3.8) is 0 Å². The minimum absolute atomic E-state index is 0.0304. The van der Waals surface area contributed by atoms with Crippen molar-refractivity contribution in [1.82, 2.24) is 10.1 Å². The predicted octanol–water partition coefficient (Wildman–Crippen LogP) is 2.25. The third-order valence-electron chi connectivity index (χ3n) is 2.65. The van der Waals surface area contributed by atoms with Crippen molar-refractivity contribution in [3.05, 3.63) is 35.4 Å². The van der Waals surface area contributed by atoms with E-state index in [-0.39, 0.29) is 11.7 Å². The van der Waals surface area contributed by atoms with Crippen molar-refractivity contribution < 1.29 is 8.91 Å². The van der Waals surface area contributed by atoms with Gasteiger partial charge in [-0.05, 0) is 24.6 Å². The zero-order valence-corrected chi connectivity index (χ0v) is 9.77. The van der Waals surface area contributed by atoms with Crippen LogP contribution in [0.3, 0.4) is 0 Å². The zero-order valence-electron chi connectivity index (χ0n) is 9.77. The van der Waals surface area contributed by atoms with Crippen molar-refractivity contribution in [2.75, 3.05) is 6.54 Å². The highest BCUT2D eigenvalue weighted by Gasteiger charge is 2.14. The van der Waals surface area contributed by atoms with Crippen LogP contribution in [0, 0.1) is 12.7 Å². The van der Waals surface area contributed by atoms with E-state index >= 15 is 0 Å². The SMILES string of the molecule is Cc1ccc(-c2nc(C(C)CN)no2)cc1F. The normalized spacial score (nSPS) is 12.7. The maximum atomic E-state index is 13.4. The van der Waals surface area contributed by atoms with Crippen LogP contribution < -0.4 is 5.73 Å². The van der Waals surface area contributed by atoms with Crippen molar-refractivity contribution >= 4 is 0 Å². The minimum atomic E-state index is -0.283. The Morgan fingerprint density at radius 3 is 2.88 bits per heavy atom. The Labute approximate surface area is 98.6 Å². The quantitative estimate of drug-likeness (QED) is 0.886. The number of nitrogens with two attached hydrogens (primary N) is 1. The van der Waals surface area contributed by atoms with Crippen LogP contribution >= 0.6 is 0 Å². The van der Waals surface area contributed by atoms with Crippen LogP contribution in [-0.4, -0.2) is 16.7 Å². The first-order chi connectivity index (χ1) is 8.11. The summed E-state index contributed by atoms with van der Waals surface area (Å²) < 4.78 is 18.5. The fraction of sp³-hybridized carbons (Fsp3) is 0.333. The Balaban J connectivity index is 2.33. The summed E-state index contributed by atoms with van der Waals surface area (Å²) in [6.45, 7) is 4.06. The molecular weight excluding hydrogens is 221 g/mol. The molecule has 90 valence electrons. The summed E-state index contributed by atoms with van der Waals surface area (Å²) in [5.74, 6) is 0.611. The Morgan fingerprint density at radius 2 is 2.24 bits per heavy atom. The molecule has 17 heavy (non-hydrogen) atoms. The van der Waals surface area contributed by atoms with Gasteiger partial charge in [0.05, 0.1) is 0 Å².